The number of hydrogen-bond donors (Lipinski definition) is 0. The molecule has 4 heteroatoms. The first kappa shape index (κ1) is 29.4. The number of aromatic nitrogens is 4. The molecule has 9 aromatic rings. The number of rotatable bonds is 4. The minimum Gasteiger partial charge on any atom is -0.265 e. The van der Waals surface area contributed by atoms with E-state index >= 15 is 0 Å². The molecule has 0 aliphatic heterocycles. The molecule has 0 saturated heterocycles. The van der Waals surface area contributed by atoms with E-state index in [0.717, 1.165) is 27.8 Å². The van der Waals surface area contributed by atoms with Gasteiger partial charge in [-0.2, -0.15) is 0 Å². The lowest BCUT2D eigenvalue weighted by atomic mass is 9.78. The third-order valence-corrected chi connectivity index (χ3v) is 10.6. The predicted octanol–water partition coefficient (Wildman–Crippen LogP) is 11.7. The third kappa shape index (κ3) is 4.60. The van der Waals surface area contributed by atoms with Gasteiger partial charge in [-0.25, -0.2) is 15.0 Å². The van der Waals surface area contributed by atoms with Crippen LogP contribution in [0.1, 0.15) is 25.0 Å². The van der Waals surface area contributed by atoms with E-state index in [0.29, 0.717) is 17.5 Å². The van der Waals surface area contributed by atoms with Crippen molar-refractivity contribution in [3.05, 3.63) is 169 Å². The van der Waals surface area contributed by atoms with Crippen LogP contribution in [0.2, 0.25) is 0 Å². The van der Waals surface area contributed by atoms with Gasteiger partial charge in [0.25, 0.3) is 0 Å². The Bertz CT molecular complexity index is 2790. The fourth-order valence-corrected chi connectivity index (χ4v) is 8.16. The van der Waals surface area contributed by atoms with E-state index in [1.165, 1.54) is 54.6 Å². The number of fused-ring (bicyclic) bond motifs is 10. The highest BCUT2D eigenvalue weighted by Gasteiger charge is 2.37. The highest BCUT2D eigenvalue weighted by molar-refractivity contribution is 6.27. The van der Waals surface area contributed by atoms with Gasteiger partial charge in [0.15, 0.2) is 17.5 Å². The molecule has 240 valence electrons. The zero-order chi connectivity index (χ0) is 34.1. The Kier molecular flexibility index (Phi) is 6.49. The summed E-state index contributed by atoms with van der Waals surface area (Å²) in [7, 11) is 0. The van der Waals surface area contributed by atoms with Crippen LogP contribution in [0.3, 0.4) is 0 Å². The van der Waals surface area contributed by atoms with E-state index in [2.05, 4.69) is 122 Å². The molecule has 2 aromatic heterocycles. The van der Waals surface area contributed by atoms with Crippen LogP contribution in [0.25, 0.3) is 88.7 Å². The molecule has 1 aliphatic rings. The van der Waals surface area contributed by atoms with Gasteiger partial charge >= 0.3 is 0 Å². The molecule has 1 aliphatic carbocycles. The molecule has 0 spiro atoms. The van der Waals surface area contributed by atoms with Crippen molar-refractivity contribution in [2.45, 2.75) is 19.3 Å². The Hall–Kier alpha value is -6.52. The lowest BCUT2D eigenvalue weighted by Gasteiger charge is -2.24. The molecular formula is C47H32N4. The second-order valence-electron chi connectivity index (χ2n) is 13.9. The van der Waals surface area contributed by atoms with Crippen molar-refractivity contribution in [3.63, 3.8) is 0 Å². The van der Waals surface area contributed by atoms with E-state index in [4.69, 9.17) is 15.0 Å². The minimum absolute atomic E-state index is 0.118. The lowest BCUT2D eigenvalue weighted by Crippen LogP contribution is -2.15. The molecule has 0 unspecified atom stereocenters. The molecule has 0 radical (unpaired) electrons. The van der Waals surface area contributed by atoms with Crippen molar-refractivity contribution in [2.24, 2.45) is 0 Å². The van der Waals surface area contributed by atoms with Crippen LogP contribution >= 0.6 is 0 Å². The molecule has 0 bridgehead atoms. The first-order chi connectivity index (χ1) is 25.0. The molecule has 2 heterocycles. The first-order valence-electron chi connectivity index (χ1n) is 17.4. The van der Waals surface area contributed by atoms with E-state index < -0.39 is 0 Å². The van der Waals surface area contributed by atoms with Crippen LogP contribution in [0, 0.1) is 0 Å². The first-order valence-corrected chi connectivity index (χ1v) is 17.4. The molecule has 4 nitrogen and oxygen atoms in total. The van der Waals surface area contributed by atoms with Crippen molar-refractivity contribution in [1.82, 2.24) is 19.9 Å². The van der Waals surface area contributed by atoms with Crippen LogP contribution in [0.4, 0.5) is 0 Å². The molecule has 0 fully saturated rings. The Labute approximate surface area is 296 Å². The molecule has 0 atom stereocenters. The van der Waals surface area contributed by atoms with Crippen molar-refractivity contribution in [3.8, 4) is 56.4 Å². The maximum atomic E-state index is 5.11. The number of nitrogens with zero attached hydrogens (tertiary/aromatic N) is 4. The summed E-state index contributed by atoms with van der Waals surface area (Å²) in [5, 5.41) is 7.52. The number of benzene rings is 7. The van der Waals surface area contributed by atoms with Gasteiger partial charge in [-0.3, -0.25) is 4.98 Å². The summed E-state index contributed by atoms with van der Waals surface area (Å²) >= 11 is 0. The van der Waals surface area contributed by atoms with Gasteiger partial charge < -0.3 is 0 Å². The van der Waals surface area contributed by atoms with Crippen molar-refractivity contribution < 1.29 is 0 Å². The largest absolute Gasteiger partial charge is 0.265 e. The maximum Gasteiger partial charge on any atom is 0.164 e. The van der Waals surface area contributed by atoms with Gasteiger partial charge in [-0.1, -0.05) is 141 Å². The van der Waals surface area contributed by atoms with Gasteiger partial charge in [-0.05, 0) is 83.9 Å². The second-order valence-corrected chi connectivity index (χ2v) is 13.9. The minimum atomic E-state index is -0.118. The number of hydrogen-bond acceptors (Lipinski definition) is 4. The van der Waals surface area contributed by atoms with Crippen molar-refractivity contribution in [2.75, 3.05) is 0 Å². The molecule has 0 saturated carbocycles. The van der Waals surface area contributed by atoms with Crippen LogP contribution in [0.15, 0.2) is 158 Å². The molecule has 0 N–H and O–H groups in total. The lowest BCUT2D eigenvalue weighted by molar-refractivity contribution is 0.666. The summed E-state index contributed by atoms with van der Waals surface area (Å²) in [6.07, 6.45) is 3.63. The van der Waals surface area contributed by atoms with Gasteiger partial charge in [0.1, 0.15) is 0 Å². The van der Waals surface area contributed by atoms with Gasteiger partial charge in [-0.15, -0.1) is 0 Å². The number of pyridine rings is 1. The van der Waals surface area contributed by atoms with E-state index in [9.17, 15) is 0 Å². The zero-order valence-corrected chi connectivity index (χ0v) is 28.3. The van der Waals surface area contributed by atoms with Crippen LogP contribution in [-0.4, -0.2) is 19.9 Å². The topological polar surface area (TPSA) is 51.6 Å². The quantitative estimate of drug-likeness (QED) is 0.178. The summed E-state index contributed by atoms with van der Waals surface area (Å²) in [6, 6.07) is 51.7. The van der Waals surface area contributed by atoms with Gasteiger partial charge in [0, 0.05) is 34.5 Å². The SMILES string of the molecule is CC1(C)c2ccccc2-c2ccc3c4ccc(-c5nc(-c6ccccc6)nc(-c6ccc(-c7ccncc7)cc6)n5)cc4c4ccccc4c3c21. The highest BCUT2D eigenvalue weighted by atomic mass is 15.0. The summed E-state index contributed by atoms with van der Waals surface area (Å²) in [4.78, 5) is 19.3. The smallest absolute Gasteiger partial charge is 0.164 e. The Balaban J connectivity index is 1.18. The van der Waals surface area contributed by atoms with Crippen LogP contribution in [0.5, 0.6) is 0 Å². The Morgan fingerprint density at radius 3 is 1.69 bits per heavy atom. The standard InChI is InChI=1S/C47H32N4/c1-47(2)41-15-9-8-13-36(41)39-23-22-38-35-21-20-33(28-40(35)34-12-6-7-14-37(34)42(38)43(39)47)46-50-44(31-10-4-3-5-11-31)49-45(51-46)32-18-16-29(17-19-32)30-24-26-48-27-25-30/h3-28H,1-2H3. The predicted molar refractivity (Wildman–Crippen MR) is 209 cm³/mol. The monoisotopic (exact) mass is 652 g/mol. The van der Waals surface area contributed by atoms with Crippen molar-refractivity contribution >= 4 is 32.3 Å². The molecule has 0 amide bonds. The summed E-state index contributed by atoms with van der Waals surface area (Å²) in [5.74, 6) is 1.93. The van der Waals surface area contributed by atoms with Crippen LogP contribution < -0.4 is 0 Å². The molecular weight excluding hydrogens is 621 g/mol. The fourth-order valence-electron chi connectivity index (χ4n) is 8.16. The normalized spacial score (nSPS) is 13.1. The average Bonchev–Trinajstić information content (AvgIpc) is 3.44. The summed E-state index contributed by atoms with van der Waals surface area (Å²) in [6.45, 7) is 4.74. The van der Waals surface area contributed by atoms with Gasteiger partial charge in [0.05, 0.1) is 0 Å². The molecule has 7 aromatic carbocycles. The molecule has 10 rings (SSSR count). The highest BCUT2D eigenvalue weighted by Crippen LogP contribution is 2.53. The fraction of sp³-hybridized carbons (Fsp3) is 0.0638. The van der Waals surface area contributed by atoms with E-state index in [1.54, 1.807) is 0 Å². The van der Waals surface area contributed by atoms with E-state index in [-0.39, 0.29) is 5.41 Å². The van der Waals surface area contributed by atoms with E-state index in [1.807, 2.05) is 54.9 Å². The Morgan fingerprint density at radius 1 is 0.392 bits per heavy atom. The van der Waals surface area contributed by atoms with Crippen molar-refractivity contribution in [1.29, 1.82) is 0 Å². The average molecular weight is 653 g/mol. The maximum absolute atomic E-state index is 5.11. The summed E-state index contributed by atoms with van der Waals surface area (Å²) in [5.41, 5.74) is 10.4. The zero-order valence-electron chi connectivity index (χ0n) is 28.3. The summed E-state index contributed by atoms with van der Waals surface area (Å²) < 4.78 is 0. The second kappa shape index (κ2) is 11.3. The third-order valence-electron chi connectivity index (χ3n) is 10.6. The molecule has 51 heavy (non-hydrogen) atoms. The van der Waals surface area contributed by atoms with Gasteiger partial charge in [0.2, 0.25) is 0 Å². The van der Waals surface area contributed by atoms with Crippen LogP contribution in [-0.2, 0) is 5.41 Å². The Morgan fingerprint density at radius 2 is 0.922 bits per heavy atom.